The van der Waals surface area contributed by atoms with E-state index in [0.29, 0.717) is 0 Å². The summed E-state index contributed by atoms with van der Waals surface area (Å²) in [5, 5.41) is 10.1. The standard InChI is InChI=1S/C10H13NO3S/c1-15(13,14)11-7-10(12,8-11)9-5-3-2-4-6-9/h2-6,12H,7-8H2,1H3. The van der Waals surface area contributed by atoms with Gasteiger partial charge in [0.1, 0.15) is 5.60 Å². The number of aliphatic hydroxyl groups is 1. The molecule has 1 fully saturated rings. The van der Waals surface area contributed by atoms with Crippen molar-refractivity contribution in [1.29, 1.82) is 0 Å². The highest BCUT2D eigenvalue weighted by Gasteiger charge is 2.46. The fourth-order valence-corrected chi connectivity index (χ4v) is 2.60. The molecule has 0 atom stereocenters. The molecule has 1 N–H and O–H groups in total. The molecule has 2 rings (SSSR count). The predicted molar refractivity (Wildman–Crippen MR) is 56.8 cm³/mol. The summed E-state index contributed by atoms with van der Waals surface area (Å²) in [6.45, 7) is 0.297. The van der Waals surface area contributed by atoms with Gasteiger partial charge in [0, 0.05) is 13.1 Å². The zero-order chi connectivity index (χ0) is 11.1. The molecule has 0 radical (unpaired) electrons. The Hall–Kier alpha value is -0.910. The highest BCUT2D eigenvalue weighted by molar-refractivity contribution is 7.88. The third-order valence-electron chi connectivity index (χ3n) is 2.66. The molecule has 5 heteroatoms. The maximum absolute atomic E-state index is 11.1. The van der Waals surface area contributed by atoms with Crippen molar-refractivity contribution in [1.82, 2.24) is 4.31 Å². The minimum Gasteiger partial charge on any atom is -0.382 e. The molecule has 0 amide bonds. The average molecular weight is 227 g/mol. The van der Waals surface area contributed by atoms with Gasteiger partial charge >= 0.3 is 0 Å². The lowest BCUT2D eigenvalue weighted by Gasteiger charge is -2.45. The lowest BCUT2D eigenvalue weighted by Crippen LogP contribution is -2.60. The fourth-order valence-electron chi connectivity index (χ4n) is 1.70. The third kappa shape index (κ3) is 1.90. The van der Waals surface area contributed by atoms with Gasteiger partial charge < -0.3 is 5.11 Å². The summed E-state index contributed by atoms with van der Waals surface area (Å²) in [7, 11) is -3.17. The van der Waals surface area contributed by atoms with E-state index in [-0.39, 0.29) is 13.1 Å². The minimum absolute atomic E-state index is 0.149. The minimum atomic E-state index is -3.17. The monoisotopic (exact) mass is 227 g/mol. The van der Waals surface area contributed by atoms with Gasteiger partial charge in [-0.05, 0) is 5.56 Å². The number of hydrogen-bond donors (Lipinski definition) is 1. The Morgan fingerprint density at radius 2 is 1.80 bits per heavy atom. The molecule has 0 aromatic heterocycles. The number of nitrogens with zero attached hydrogens (tertiary/aromatic N) is 1. The maximum atomic E-state index is 11.1. The highest BCUT2D eigenvalue weighted by atomic mass is 32.2. The van der Waals surface area contributed by atoms with Crippen molar-refractivity contribution >= 4 is 10.0 Å². The SMILES string of the molecule is CS(=O)(=O)N1CC(O)(c2ccccc2)C1. The van der Waals surface area contributed by atoms with Gasteiger partial charge in [-0.2, -0.15) is 4.31 Å². The normalized spacial score (nSPS) is 20.9. The summed E-state index contributed by atoms with van der Waals surface area (Å²) in [6.07, 6.45) is 1.15. The Balaban J connectivity index is 2.16. The largest absolute Gasteiger partial charge is 0.382 e. The van der Waals surface area contributed by atoms with Crippen molar-refractivity contribution < 1.29 is 13.5 Å². The Morgan fingerprint density at radius 1 is 1.27 bits per heavy atom. The molecule has 4 nitrogen and oxygen atoms in total. The summed E-state index contributed by atoms with van der Waals surface area (Å²) < 4.78 is 23.6. The van der Waals surface area contributed by atoms with Gasteiger partial charge in [0.2, 0.25) is 10.0 Å². The van der Waals surface area contributed by atoms with Gasteiger partial charge in [0.15, 0.2) is 0 Å². The second-order valence-corrected chi connectivity index (χ2v) is 5.91. The van der Waals surface area contributed by atoms with Gasteiger partial charge in [-0.25, -0.2) is 8.42 Å². The van der Waals surface area contributed by atoms with E-state index >= 15 is 0 Å². The van der Waals surface area contributed by atoms with Crippen LogP contribution in [0.25, 0.3) is 0 Å². The van der Waals surface area contributed by atoms with E-state index in [2.05, 4.69) is 0 Å². The van der Waals surface area contributed by atoms with Crippen LogP contribution in [-0.4, -0.2) is 37.2 Å². The van der Waals surface area contributed by atoms with Crippen molar-refractivity contribution in [2.75, 3.05) is 19.3 Å². The first-order valence-corrected chi connectivity index (χ1v) is 6.50. The van der Waals surface area contributed by atoms with Crippen LogP contribution in [0.2, 0.25) is 0 Å². The first-order chi connectivity index (χ1) is 6.92. The van der Waals surface area contributed by atoms with Gasteiger partial charge in [0.25, 0.3) is 0 Å². The molecule has 1 saturated heterocycles. The Labute approximate surface area is 89.2 Å². The lowest BCUT2D eigenvalue weighted by molar-refractivity contribution is -0.0645. The van der Waals surface area contributed by atoms with Crippen molar-refractivity contribution in [2.45, 2.75) is 5.60 Å². The van der Waals surface area contributed by atoms with E-state index in [9.17, 15) is 13.5 Å². The molecule has 1 aliphatic rings. The van der Waals surface area contributed by atoms with Crippen LogP contribution < -0.4 is 0 Å². The smallest absolute Gasteiger partial charge is 0.211 e. The molecular formula is C10H13NO3S. The van der Waals surface area contributed by atoms with Crippen LogP contribution in [0.5, 0.6) is 0 Å². The summed E-state index contributed by atoms with van der Waals surface area (Å²) in [5.41, 5.74) is -0.241. The van der Waals surface area contributed by atoms with Crippen molar-refractivity contribution in [3.63, 3.8) is 0 Å². The van der Waals surface area contributed by atoms with Gasteiger partial charge in [-0.1, -0.05) is 30.3 Å². The lowest BCUT2D eigenvalue weighted by atomic mass is 9.88. The first kappa shape index (κ1) is 10.6. The van der Waals surface area contributed by atoms with E-state index < -0.39 is 15.6 Å². The van der Waals surface area contributed by atoms with Crippen LogP contribution in [0.3, 0.4) is 0 Å². The first-order valence-electron chi connectivity index (χ1n) is 4.65. The van der Waals surface area contributed by atoms with Gasteiger partial charge in [0.05, 0.1) is 6.26 Å². The Kier molecular flexibility index (Phi) is 2.33. The van der Waals surface area contributed by atoms with Gasteiger partial charge in [-0.3, -0.25) is 0 Å². The molecule has 0 unspecified atom stereocenters. The quantitative estimate of drug-likeness (QED) is 0.782. The maximum Gasteiger partial charge on any atom is 0.211 e. The zero-order valence-electron chi connectivity index (χ0n) is 8.42. The van der Waals surface area contributed by atoms with E-state index in [1.54, 1.807) is 12.1 Å². The second kappa shape index (κ2) is 3.30. The Bertz CT molecular complexity index is 449. The molecule has 0 spiro atoms. The molecule has 0 aliphatic carbocycles. The number of rotatable bonds is 2. The molecule has 0 saturated carbocycles. The second-order valence-electron chi connectivity index (χ2n) is 3.93. The number of benzene rings is 1. The average Bonchev–Trinajstić information content (AvgIpc) is 2.13. The van der Waals surface area contributed by atoms with Crippen LogP contribution in [0.1, 0.15) is 5.56 Å². The molecule has 15 heavy (non-hydrogen) atoms. The van der Waals surface area contributed by atoms with E-state index in [1.165, 1.54) is 4.31 Å². The number of hydrogen-bond acceptors (Lipinski definition) is 3. The molecule has 82 valence electrons. The number of sulfonamides is 1. The van der Waals surface area contributed by atoms with Crippen LogP contribution >= 0.6 is 0 Å². The van der Waals surface area contributed by atoms with E-state index in [4.69, 9.17) is 0 Å². The summed E-state index contributed by atoms with van der Waals surface area (Å²) in [5.74, 6) is 0. The molecular weight excluding hydrogens is 214 g/mol. The predicted octanol–water partition coefficient (Wildman–Crippen LogP) is 0.149. The van der Waals surface area contributed by atoms with Crippen molar-refractivity contribution in [3.8, 4) is 0 Å². The molecule has 1 aliphatic heterocycles. The Morgan fingerprint density at radius 3 is 2.27 bits per heavy atom. The van der Waals surface area contributed by atoms with Crippen molar-refractivity contribution in [3.05, 3.63) is 35.9 Å². The summed E-state index contributed by atoms with van der Waals surface area (Å²) in [6, 6.07) is 9.13. The summed E-state index contributed by atoms with van der Waals surface area (Å²) in [4.78, 5) is 0. The molecule has 1 aromatic rings. The summed E-state index contributed by atoms with van der Waals surface area (Å²) >= 11 is 0. The third-order valence-corrected chi connectivity index (χ3v) is 3.85. The number of β-amino-alcohol motifs (C(OH)–C–C–N with tert-alkyl or cyclic N) is 1. The molecule has 1 aromatic carbocycles. The zero-order valence-corrected chi connectivity index (χ0v) is 9.24. The molecule has 0 bridgehead atoms. The van der Waals surface area contributed by atoms with Crippen LogP contribution in [0.15, 0.2) is 30.3 Å². The highest BCUT2D eigenvalue weighted by Crippen LogP contribution is 2.32. The fraction of sp³-hybridized carbons (Fsp3) is 0.400. The van der Waals surface area contributed by atoms with Crippen LogP contribution in [-0.2, 0) is 15.6 Å². The van der Waals surface area contributed by atoms with Crippen LogP contribution in [0.4, 0.5) is 0 Å². The van der Waals surface area contributed by atoms with E-state index in [0.717, 1.165) is 11.8 Å². The topological polar surface area (TPSA) is 57.6 Å². The van der Waals surface area contributed by atoms with Crippen molar-refractivity contribution in [2.24, 2.45) is 0 Å². The van der Waals surface area contributed by atoms with Crippen LogP contribution in [0, 0.1) is 0 Å². The van der Waals surface area contributed by atoms with Gasteiger partial charge in [-0.15, -0.1) is 0 Å². The van der Waals surface area contributed by atoms with E-state index in [1.807, 2.05) is 18.2 Å². The molecule has 1 heterocycles.